The van der Waals surface area contributed by atoms with Crippen LogP contribution in [0.3, 0.4) is 0 Å². The van der Waals surface area contributed by atoms with Gasteiger partial charge in [-0.2, -0.15) is 13.8 Å². The van der Waals surface area contributed by atoms with E-state index in [4.69, 9.17) is 14.0 Å². The second kappa shape index (κ2) is 8.47. The van der Waals surface area contributed by atoms with Gasteiger partial charge in [-0.3, -0.25) is 0 Å². The Kier molecular flexibility index (Phi) is 5.83. The molecule has 0 atom stereocenters. The number of aromatic nitrogens is 2. The summed E-state index contributed by atoms with van der Waals surface area (Å²) in [5.41, 5.74) is 1.57. The number of ether oxygens (including phenoxy) is 3. The molecule has 2 aromatic carbocycles. The van der Waals surface area contributed by atoms with Gasteiger partial charge in [-0.05, 0) is 48.9 Å². The number of hydrogen-bond donors (Lipinski definition) is 0. The van der Waals surface area contributed by atoms with Gasteiger partial charge >= 0.3 is 12.6 Å². The average Bonchev–Trinajstić information content (AvgIpc) is 3.13. The number of nitrogens with zero attached hydrogens (tertiary/aromatic N) is 2. The molecule has 0 unspecified atom stereocenters. The molecule has 0 spiro atoms. The molecule has 9 heteroatoms. The van der Waals surface area contributed by atoms with E-state index in [0.717, 1.165) is 0 Å². The first kappa shape index (κ1) is 19.3. The molecule has 0 aliphatic heterocycles. The minimum absolute atomic E-state index is 0.0608. The molecular weight excluding hydrogens is 374 g/mol. The van der Waals surface area contributed by atoms with E-state index in [1.54, 1.807) is 31.2 Å². The van der Waals surface area contributed by atoms with Gasteiger partial charge in [0.25, 0.3) is 5.89 Å². The van der Waals surface area contributed by atoms with E-state index >= 15 is 0 Å². The number of aryl methyl sites for hydroxylation is 1. The molecule has 0 fully saturated rings. The SMILES string of the molecule is COc1cc(COC(=O)c2ccc(-c3nc(C)no3)cc2)ccc1OC(F)F. The summed E-state index contributed by atoms with van der Waals surface area (Å²) in [6, 6.07) is 10.8. The van der Waals surface area contributed by atoms with E-state index in [1.165, 1.54) is 25.3 Å². The maximum atomic E-state index is 12.4. The summed E-state index contributed by atoms with van der Waals surface area (Å²) in [5.74, 6) is 0.349. The first-order valence-electron chi connectivity index (χ1n) is 8.16. The van der Waals surface area contributed by atoms with Crippen LogP contribution in [0.1, 0.15) is 21.7 Å². The van der Waals surface area contributed by atoms with Crippen LogP contribution in [0.4, 0.5) is 8.78 Å². The fraction of sp³-hybridized carbons (Fsp3) is 0.211. The summed E-state index contributed by atoms with van der Waals surface area (Å²) in [5, 5.41) is 3.71. The summed E-state index contributed by atoms with van der Waals surface area (Å²) in [6.07, 6.45) is 0. The second-order valence-electron chi connectivity index (χ2n) is 5.66. The number of benzene rings is 2. The molecule has 0 saturated carbocycles. The molecule has 3 aromatic rings. The van der Waals surface area contributed by atoms with E-state index < -0.39 is 12.6 Å². The Morgan fingerprint density at radius 1 is 1.14 bits per heavy atom. The van der Waals surface area contributed by atoms with Crippen molar-refractivity contribution in [3.8, 4) is 23.0 Å². The first-order chi connectivity index (χ1) is 13.5. The van der Waals surface area contributed by atoms with Crippen molar-refractivity contribution >= 4 is 5.97 Å². The third-order valence-corrected chi connectivity index (χ3v) is 3.71. The monoisotopic (exact) mass is 390 g/mol. The molecule has 1 aromatic heterocycles. The predicted molar refractivity (Wildman–Crippen MR) is 93.2 cm³/mol. The number of esters is 1. The van der Waals surface area contributed by atoms with Gasteiger partial charge in [-0.25, -0.2) is 4.79 Å². The Morgan fingerprint density at radius 2 is 1.89 bits per heavy atom. The molecule has 3 rings (SSSR count). The third-order valence-electron chi connectivity index (χ3n) is 3.71. The van der Waals surface area contributed by atoms with Crippen LogP contribution in [0.5, 0.6) is 11.5 Å². The van der Waals surface area contributed by atoms with Gasteiger partial charge in [0.15, 0.2) is 17.3 Å². The highest BCUT2D eigenvalue weighted by Gasteiger charge is 2.13. The molecule has 146 valence electrons. The van der Waals surface area contributed by atoms with Crippen molar-refractivity contribution < 1.29 is 32.3 Å². The minimum Gasteiger partial charge on any atom is -0.493 e. The molecule has 0 amide bonds. The summed E-state index contributed by atoms with van der Waals surface area (Å²) >= 11 is 0. The molecule has 0 radical (unpaired) electrons. The summed E-state index contributed by atoms with van der Waals surface area (Å²) in [6.45, 7) is -1.31. The van der Waals surface area contributed by atoms with E-state index in [1.807, 2.05) is 0 Å². The van der Waals surface area contributed by atoms with E-state index in [9.17, 15) is 13.6 Å². The maximum absolute atomic E-state index is 12.4. The van der Waals surface area contributed by atoms with Crippen molar-refractivity contribution in [1.82, 2.24) is 10.1 Å². The van der Waals surface area contributed by atoms with Crippen molar-refractivity contribution in [3.05, 3.63) is 59.4 Å². The summed E-state index contributed by atoms with van der Waals surface area (Å²) in [7, 11) is 1.33. The first-order valence-corrected chi connectivity index (χ1v) is 8.16. The van der Waals surface area contributed by atoms with Gasteiger partial charge in [0, 0.05) is 5.56 Å². The normalized spacial score (nSPS) is 10.8. The van der Waals surface area contributed by atoms with E-state index in [-0.39, 0.29) is 18.1 Å². The lowest BCUT2D eigenvalue weighted by molar-refractivity contribution is -0.0512. The van der Waals surface area contributed by atoms with E-state index in [2.05, 4.69) is 14.9 Å². The van der Waals surface area contributed by atoms with Crippen molar-refractivity contribution in [1.29, 1.82) is 0 Å². The summed E-state index contributed by atoms with van der Waals surface area (Å²) < 4.78 is 44.4. The minimum atomic E-state index is -2.96. The Hall–Kier alpha value is -3.49. The zero-order valence-electron chi connectivity index (χ0n) is 15.0. The van der Waals surface area contributed by atoms with Gasteiger partial charge in [-0.1, -0.05) is 11.2 Å². The predicted octanol–water partition coefficient (Wildman–Crippen LogP) is 4.01. The van der Waals surface area contributed by atoms with Gasteiger partial charge in [0.2, 0.25) is 0 Å². The van der Waals surface area contributed by atoms with Crippen LogP contribution in [0.15, 0.2) is 47.0 Å². The number of carbonyl (C=O) groups excluding carboxylic acids is 1. The van der Waals surface area contributed by atoms with Gasteiger partial charge in [0.05, 0.1) is 12.7 Å². The Morgan fingerprint density at radius 3 is 2.50 bits per heavy atom. The molecule has 0 bridgehead atoms. The van der Waals surface area contributed by atoms with Crippen LogP contribution in [0, 0.1) is 6.92 Å². The number of hydrogen-bond acceptors (Lipinski definition) is 7. The van der Waals surface area contributed by atoms with Gasteiger partial charge in [-0.15, -0.1) is 0 Å². The fourth-order valence-electron chi connectivity index (χ4n) is 2.39. The molecular formula is C19H16F2N2O5. The zero-order valence-corrected chi connectivity index (χ0v) is 15.0. The van der Waals surface area contributed by atoms with Crippen LogP contribution in [-0.4, -0.2) is 29.8 Å². The molecule has 0 N–H and O–H groups in total. The number of alkyl halides is 2. The van der Waals surface area contributed by atoms with Gasteiger partial charge < -0.3 is 18.7 Å². The molecule has 1 heterocycles. The molecule has 28 heavy (non-hydrogen) atoms. The highest BCUT2D eigenvalue weighted by atomic mass is 19.3. The molecule has 7 nitrogen and oxygen atoms in total. The standard InChI is InChI=1S/C19H16F2N2O5/c1-11-22-17(28-23-11)13-4-6-14(7-5-13)18(24)26-10-12-3-8-15(27-19(20)21)16(9-12)25-2/h3-9,19H,10H2,1-2H3. The van der Waals surface area contributed by atoms with Crippen molar-refractivity contribution in [2.45, 2.75) is 20.1 Å². The van der Waals surface area contributed by atoms with Crippen LogP contribution < -0.4 is 9.47 Å². The number of methoxy groups -OCH3 is 1. The molecule has 0 aliphatic carbocycles. The lowest BCUT2D eigenvalue weighted by Crippen LogP contribution is -2.06. The number of halogens is 2. The molecule has 0 aliphatic rings. The van der Waals surface area contributed by atoms with Crippen molar-refractivity contribution in [2.75, 3.05) is 7.11 Å². The van der Waals surface area contributed by atoms with Crippen molar-refractivity contribution in [3.63, 3.8) is 0 Å². The maximum Gasteiger partial charge on any atom is 0.387 e. The second-order valence-corrected chi connectivity index (χ2v) is 5.66. The van der Waals surface area contributed by atoms with E-state index in [0.29, 0.717) is 28.4 Å². The topological polar surface area (TPSA) is 83.7 Å². The average molecular weight is 390 g/mol. The summed E-state index contributed by atoms with van der Waals surface area (Å²) in [4.78, 5) is 16.3. The van der Waals surface area contributed by atoms with Crippen molar-refractivity contribution in [2.24, 2.45) is 0 Å². The van der Waals surface area contributed by atoms with Crippen LogP contribution >= 0.6 is 0 Å². The lowest BCUT2D eigenvalue weighted by atomic mass is 10.1. The van der Waals surface area contributed by atoms with Crippen LogP contribution in [-0.2, 0) is 11.3 Å². The van der Waals surface area contributed by atoms with Gasteiger partial charge in [0.1, 0.15) is 6.61 Å². The number of carbonyl (C=O) groups is 1. The fourth-order valence-corrected chi connectivity index (χ4v) is 2.39. The Balaban J connectivity index is 1.63. The van der Waals surface area contributed by atoms with Crippen LogP contribution in [0.25, 0.3) is 11.5 Å². The third kappa shape index (κ3) is 4.61. The number of rotatable bonds is 7. The van der Waals surface area contributed by atoms with Crippen LogP contribution in [0.2, 0.25) is 0 Å². The largest absolute Gasteiger partial charge is 0.493 e. The highest BCUT2D eigenvalue weighted by Crippen LogP contribution is 2.29. The lowest BCUT2D eigenvalue weighted by Gasteiger charge is -2.11. The Labute approximate surface area is 158 Å². The highest BCUT2D eigenvalue weighted by molar-refractivity contribution is 5.89. The zero-order chi connectivity index (χ0) is 20.1. The molecule has 0 saturated heterocycles. The quantitative estimate of drug-likeness (QED) is 0.564. The Bertz CT molecular complexity index is 957. The smallest absolute Gasteiger partial charge is 0.387 e.